The van der Waals surface area contributed by atoms with E-state index in [0.717, 1.165) is 0 Å². The number of benzene rings is 1. The van der Waals surface area contributed by atoms with Crippen molar-refractivity contribution in [1.29, 1.82) is 0 Å². The summed E-state index contributed by atoms with van der Waals surface area (Å²) >= 11 is 0. The summed E-state index contributed by atoms with van der Waals surface area (Å²) in [6.45, 7) is 1.90. The fraction of sp³-hybridized carbons (Fsp3) is 0.200. The Balaban J connectivity index is 1.96. The van der Waals surface area contributed by atoms with Crippen LogP contribution in [0.3, 0.4) is 0 Å². The predicted molar refractivity (Wildman–Crippen MR) is 99.2 cm³/mol. The Morgan fingerprint density at radius 3 is 2.76 bits per heavy atom. The molecule has 6 nitrogen and oxygen atoms in total. The molecule has 29 heavy (non-hydrogen) atoms. The number of nitrogens with zero attached hydrogens (tertiary/aromatic N) is 2. The average molecular weight is 403 g/mol. The third kappa shape index (κ3) is 4.87. The van der Waals surface area contributed by atoms with Gasteiger partial charge in [-0.15, -0.1) is 0 Å². The third-order valence-corrected chi connectivity index (χ3v) is 4.00. The summed E-state index contributed by atoms with van der Waals surface area (Å²) < 4.78 is 41.7. The van der Waals surface area contributed by atoms with Gasteiger partial charge in [-0.1, -0.05) is 18.2 Å². The standard InChI is InChI=1S/C20H16F3N3O3/c1-2-29-19(28)15-10-24-18-16(15)17(25-11-26-18)13-5-3-4-12(8-13)9-14(27)6-7-20(21,22)23/h3-8,10-11H,2,9H2,1H3,(H,24,25,26)/b7-6+. The first kappa shape index (κ1) is 20.2. The zero-order valence-corrected chi connectivity index (χ0v) is 15.3. The normalized spacial score (nSPS) is 11.9. The van der Waals surface area contributed by atoms with E-state index < -0.39 is 17.9 Å². The van der Waals surface area contributed by atoms with Crippen LogP contribution in [0.1, 0.15) is 22.8 Å². The van der Waals surface area contributed by atoms with E-state index in [1.54, 1.807) is 31.2 Å². The molecule has 0 saturated heterocycles. The third-order valence-electron chi connectivity index (χ3n) is 4.00. The largest absolute Gasteiger partial charge is 0.462 e. The maximum Gasteiger partial charge on any atom is 0.409 e. The number of allylic oxidation sites excluding steroid dienone is 2. The molecule has 1 N–H and O–H groups in total. The van der Waals surface area contributed by atoms with E-state index in [9.17, 15) is 22.8 Å². The molecule has 2 aromatic heterocycles. The van der Waals surface area contributed by atoms with Gasteiger partial charge in [-0.25, -0.2) is 14.8 Å². The number of hydrogen-bond donors (Lipinski definition) is 1. The van der Waals surface area contributed by atoms with Crippen molar-refractivity contribution in [3.8, 4) is 11.3 Å². The Kier molecular flexibility index (Phi) is 5.76. The number of ether oxygens (including phenoxy) is 1. The molecule has 3 rings (SSSR count). The first-order valence-electron chi connectivity index (χ1n) is 8.66. The van der Waals surface area contributed by atoms with Crippen LogP contribution in [0.5, 0.6) is 0 Å². The molecular weight excluding hydrogens is 387 g/mol. The van der Waals surface area contributed by atoms with Crippen molar-refractivity contribution in [2.24, 2.45) is 0 Å². The monoisotopic (exact) mass is 403 g/mol. The van der Waals surface area contributed by atoms with Gasteiger partial charge in [0.15, 0.2) is 5.78 Å². The molecule has 2 heterocycles. The summed E-state index contributed by atoms with van der Waals surface area (Å²) in [5.74, 6) is -1.21. The number of carbonyl (C=O) groups is 2. The van der Waals surface area contributed by atoms with E-state index in [1.165, 1.54) is 12.5 Å². The van der Waals surface area contributed by atoms with Crippen LogP contribution in [0, 0.1) is 0 Å². The van der Waals surface area contributed by atoms with Crippen molar-refractivity contribution >= 4 is 22.8 Å². The number of halogens is 3. The van der Waals surface area contributed by atoms with E-state index in [4.69, 9.17) is 4.74 Å². The van der Waals surface area contributed by atoms with Crippen LogP contribution in [-0.2, 0) is 16.0 Å². The van der Waals surface area contributed by atoms with Gasteiger partial charge in [0.1, 0.15) is 12.0 Å². The minimum absolute atomic E-state index is 0.0848. The number of fused-ring (bicyclic) bond motifs is 1. The fourth-order valence-electron chi connectivity index (χ4n) is 2.83. The Morgan fingerprint density at radius 1 is 1.24 bits per heavy atom. The van der Waals surface area contributed by atoms with Gasteiger partial charge in [-0.3, -0.25) is 4.79 Å². The molecular formula is C20H16F3N3O3. The van der Waals surface area contributed by atoms with Crippen LogP contribution < -0.4 is 0 Å². The average Bonchev–Trinajstić information content (AvgIpc) is 3.11. The topological polar surface area (TPSA) is 84.9 Å². The van der Waals surface area contributed by atoms with E-state index in [2.05, 4.69) is 15.0 Å². The molecule has 0 radical (unpaired) electrons. The number of carbonyl (C=O) groups excluding carboxylic acids is 2. The maximum absolute atomic E-state index is 12.2. The Labute approximate surface area is 163 Å². The van der Waals surface area contributed by atoms with Gasteiger partial charge >= 0.3 is 12.1 Å². The number of nitrogens with one attached hydrogen (secondary N) is 1. The van der Waals surface area contributed by atoms with Gasteiger partial charge in [0.05, 0.1) is 23.3 Å². The highest BCUT2D eigenvalue weighted by atomic mass is 19.4. The van der Waals surface area contributed by atoms with Gasteiger partial charge in [0.25, 0.3) is 0 Å². The summed E-state index contributed by atoms with van der Waals surface area (Å²) in [4.78, 5) is 35.3. The molecule has 0 aliphatic rings. The molecule has 150 valence electrons. The molecule has 0 unspecified atom stereocenters. The quantitative estimate of drug-likeness (QED) is 0.496. The van der Waals surface area contributed by atoms with Crippen LogP contribution in [0.4, 0.5) is 13.2 Å². The van der Waals surface area contributed by atoms with E-state index in [1.807, 2.05) is 0 Å². The zero-order valence-electron chi connectivity index (χ0n) is 15.3. The highest BCUT2D eigenvalue weighted by Crippen LogP contribution is 2.29. The van der Waals surface area contributed by atoms with Gasteiger partial charge in [-0.05, 0) is 24.6 Å². The summed E-state index contributed by atoms with van der Waals surface area (Å²) in [5.41, 5.74) is 2.26. The molecule has 0 spiro atoms. The molecule has 0 bridgehead atoms. The molecule has 9 heteroatoms. The number of ketones is 1. The number of rotatable bonds is 6. The smallest absolute Gasteiger partial charge is 0.409 e. The van der Waals surface area contributed by atoms with Crippen molar-refractivity contribution < 1.29 is 27.5 Å². The lowest BCUT2D eigenvalue weighted by Crippen LogP contribution is -2.05. The Morgan fingerprint density at radius 2 is 2.03 bits per heavy atom. The number of alkyl halides is 3. The highest BCUT2D eigenvalue weighted by molar-refractivity contribution is 6.08. The molecule has 0 amide bonds. The lowest BCUT2D eigenvalue weighted by atomic mass is 10.0. The van der Waals surface area contributed by atoms with Crippen molar-refractivity contribution in [1.82, 2.24) is 15.0 Å². The lowest BCUT2D eigenvalue weighted by molar-refractivity contribution is -0.114. The zero-order chi connectivity index (χ0) is 21.0. The second kappa shape index (κ2) is 8.26. The number of hydrogen-bond acceptors (Lipinski definition) is 5. The van der Waals surface area contributed by atoms with Crippen molar-refractivity contribution in [2.75, 3.05) is 6.61 Å². The number of H-pyrrole nitrogens is 1. The molecule has 0 aliphatic heterocycles. The molecule has 0 aliphatic carbocycles. The minimum atomic E-state index is -4.54. The minimum Gasteiger partial charge on any atom is -0.462 e. The van der Waals surface area contributed by atoms with E-state index in [-0.39, 0.29) is 24.7 Å². The number of aromatic amines is 1. The highest BCUT2D eigenvalue weighted by Gasteiger charge is 2.22. The first-order chi connectivity index (χ1) is 13.8. The van der Waals surface area contributed by atoms with Crippen LogP contribution >= 0.6 is 0 Å². The van der Waals surface area contributed by atoms with Gasteiger partial charge < -0.3 is 9.72 Å². The molecule has 1 aromatic carbocycles. The maximum atomic E-state index is 12.2. The summed E-state index contributed by atoms with van der Waals surface area (Å²) in [7, 11) is 0. The van der Waals surface area contributed by atoms with Gasteiger partial charge in [0, 0.05) is 24.3 Å². The van der Waals surface area contributed by atoms with Crippen molar-refractivity contribution in [2.45, 2.75) is 19.5 Å². The Hall–Kier alpha value is -3.49. The Bertz CT molecular complexity index is 1090. The molecule has 0 atom stereocenters. The van der Waals surface area contributed by atoms with Crippen molar-refractivity contribution in [3.63, 3.8) is 0 Å². The van der Waals surface area contributed by atoms with Crippen LogP contribution in [-0.4, -0.2) is 39.5 Å². The van der Waals surface area contributed by atoms with Crippen LogP contribution in [0.25, 0.3) is 22.3 Å². The summed E-state index contributed by atoms with van der Waals surface area (Å²) in [6, 6.07) is 6.66. The fourth-order valence-corrected chi connectivity index (χ4v) is 2.83. The number of aromatic nitrogens is 3. The molecule has 3 aromatic rings. The summed E-state index contributed by atoms with van der Waals surface area (Å²) in [6.07, 6.45) is -1.50. The lowest BCUT2D eigenvalue weighted by Gasteiger charge is -2.07. The van der Waals surface area contributed by atoms with E-state index >= 15 is 0 Å². The second-order valence-electron chi connectivity index (χ2n) is 6.09. The second-order valence-corrected chi connectivity index (χ2v) is 6.09. The predicted octanol–water partition coefficient (Wildman–Crippen LogP) is 4.03. The number of esters is 1. The van der Waals surface area contributed by atoms with Gasteiger partial charge in [0.2, 0.25) is 0 Å². The van der Waals surface area contributed by atoms with Crippen LogP contribution in [0.15, 0.2) is 48.9 Å². The summed E-state index contributed by atoms with van der Waals surface area (Å²) in [5, 5.41) is 0.464. The van der Waals surface area contributed by atoms with Crippen LogP contribution in [0.2, 0.25) is 0 Å². The van der Waals surface area contributed by atoms with Crippen molar-refractivity contribution in [3.05, 3.63) is 60.1 Å². The van der Waals surface area contributed by atoms with E-state index in [0.29, 0.717) is 33.9 Å². The molecule has 0 saturated carbocycles. The van der Waals surface area contributed by atoms with Gasteiger partial charge in [-0.2, -0.15) is 13.2 Å². The first-order valence-corrected chi connectivity index (χ1v) is 8.66. The SMILES string of the molecule is CCOC(=O)c1c[nH]c2ncnc(-c3cccc(CC(=O)/C=C/C(F)(F)F)c3)c12. The molecule has 0 fully saturated rings.